The summed E-state index contributed by atoms with van der Waals surface area (Å²) in [7, 11) is 0. The topological polar surface area (TPSA) is 59.8 Å². The molecule has 0 saturated carbocycles. The molecule has 1 amide bonds. The second kappa shape index (κ2) is 9.13. The molecule has 0 fully saturated rings. The Morgan fingerprint density at radius 3 is 2.61 bits per heavy atom. The van der Waals surface area contributed by atoms with Gasteiger partial charge in [0.15, 0.2) is 0 Å². The van der Waals surface area contributed by atoms with Crippen molar-refractivity contribution in [3.63, 3.8) is 0 Å². The second-order valence-electron chi connectivity index (χ2n) is 6.92. The molecule has 3 aromatic rings. The molecule has 0 spiro atoms. The normalized spacial score (nSPS) is 11.1. The van der Waals surface area contributed by atoms with Crippen molar-refractivity contribution in [1.82, 2.24) is 20.1 Å². The number of benzene rings is 1. The van der Waals surface area contributed by atoms with Gasteiger partial charge in [0.25, 0.3) is 0 Å². The molecule has 5 nitrogen and oxygen atoms in total. The van der Waals surface area contributed by atoms with Crippen LogP contribution in [0.2, 0.25) is 0 Å². The lowest BCUT2D eigenvalue weighted by Gasteiger charge is -2.05. The van der Waals surface area contributed by atoms with Gasteiger partial charge >= 0.3 is 0 Å². The molecule has 0 atom stereocenters. The SMILES string of the molecule is Cc1ccc(Cn2nc(C)c(/C=C/C(=O)NCCc3ccccn3)c2C)cc1. The lowest BCUT2D eigenvalue weighted by molar-refractivity contribution is -0.116. The van der Waals surface area contributed by atoms with Gasteiger partial charge in [-0.2, -0.15) is 5.10 Å². The molecule has 0 aliphatic carbocycles. The molecule has 3 rings (SSSR count). The van der Waals surface area contributed by atoms with Crippen LogP contribution in [0.4, 0.5) is 0 Å². The van der Waals surface area contributed by atoms with Gasteiger partial charge in [0.1, 0.15) is 0 Å². The van der Waals surface area contributed by atoms with Crippen molar-refractivity contribution in [2.24, 2.45) is 0 Å². The summed E-state index contributed by atoms with van der Waals surface area (Å²) in [5, 5.41) is 7.53. The highest BCUT2D eigenvalue weighted by atomic mass is 16.1. The molecule has 28 heavy (non-hydrogen) atoms. The maximum Gasteiger partial charge on any atom is 0.244 e. The van der Waals surface area contributed by atoms with E-state index in [-0.39, 0.29) is 5.91 Å². The number of nitrogens with zero attached hydrogens (tertiary/aromatic N) is 3. The maximum absolute atomic E-state index is 12.1. The Morgan fingerprint density at radius 1 is 1.11 bits per heavy atom. The summed E-state index contributed by atoms with van der Waals surface area (Å²) < 4.78 is 1.98. The summed E-state index contributed by atoms with van der Waals surface area (Å²) in [6, 6.07) is 14.2. The minimum Gasteiger partial charge on any atom is -0.352 e. The minimum atomic E-state index is -0.110. The first-order valence-electron chi connectivity index (χ1n) is 9.48. The van der Waals surface area contributed by atoms with Gasteiger partial charge in [-0.1, -0.05) is 35.9 Å². The summed E-state index contributed by atoms with van der Waals surface area (Å²) >= 11 is 0. The fraction of sp³-hybridized carbons (Fsp3) is 0.261. The van der Waals surface area contributed by atoms with Crippen LogP contribution in [0.15, 0.2) is 54.7 Å². The molecule has 2 heterocycles. The number of rotatable bonds is 7. The van der Waals surface area contributed by atoms with Crippen molar-refractivity contribution in [1.29, 1.82) is 0 Å². The lowest BCUT2D eigenvalue weighted by Crippen LogP contribution is -2.23. The van der Waals surface area contributed by atoms with Crippen LogP contribution in [0.1, 0.15) is 33.8 Å². The van der Waals surface area contributed by atoms with Crippen molar-refractivity contribution in [3.05, 3.63) is 88.5 Å². The third kappa shape index (κ3) is 5.16. The van der Waals surface area contributed by atoms with Crippen LogP contribution in [-0.2, 0) is 17.8 Å². The average molecular weight is 374 g/mol. The monoisotopic (exact) mass is 374 g/mol. The van der Waals surface area contributed by atoms with Crippen LogP contribution < -0.4 is 5.32 Å². The maximum atomic E-state index is 12.1. The number of carbonyl (C=O) groups excluding carboxylic acids is 1. The number of hydrogen-bond donors (Lipinski definition) is 1. The number of aryl methyl sites for hydroxylation is 2. The van der Waals surface area contributed by atoms with Crippen LogP contribution in [0, 0.1) is 20.8 Å². The summed E-state index contributed by atoms with van der Waals surface area (Å²) in [5.74, 6) is -0.110. The number of nitrogens with one attached hydrogen (secondary N) is 1. The van der Waals surface area contributed by atoms with E-state index in [1.165, 1.54) is 11.1 Å². The minimum absolute atomic E-state index is 0.110. The largest absolute Gasteiger partial charge is 0.352 e. The number of pyridine rings is 1. The Hall–Kier alpha value is -3.21. The molecule has 0 saturated heterocycles. The zero-order valence-electron chi connectivity index (χ0n) is 16.6. The van der Waals surface area contributed by atoms with Gasteiger partial charge in [-0.25, -0.2) is 0 Å². The predicted octanol–water partition coefficient (Wildman–Crippen LogP) is 3.62. The van der Waals surface area contributed by atoms with Gasteiger partial charge in [0, 0.05) is 42.2 Å². The summed E-state index contributed by atoms with van der Waals surface area (Å²) in [6.07, 6.45) is 5.90. The first-order valence-corrected chi connectivity index (χ1v) is 9.48. The van der Waals surface area contributed by atoms with Gasteiger partial charge in [-0.05, 0) is 44.5 Å². The molecular weight excluding hydrogens is 348 g/mol. The Kier molecular flexibility index (Phi) is 6.37. The summed E-state index contributed by atoms with van der Waals surface area (Å²) in [4.78, 5) is 16.4. The molecule has 1 N–H and O–H groups in total. The molecule has 0 unspecified atom stereocenters. The molecule has 0 aliphatic rings. The van der Waals surface area contributed by atoms with E-state index in [0.29, 0.717) is 13.0 Å². The van der Waals surface area contributed by atoms with Crippen molar-refractivity contribution >= 4 is 12.0 Å². The average Bonchev–Trinajstić information content (AvgIpc) is 2.96. The first-order chi connectivity index (χ1) is 13.5. The number of amides is 1. The highest BCUT2D eigenvalue weighted by Crippen LogP contribution is 2.16. The fourth-order valence-electron chi connectivity index (χ4n) is 3.05. The second-order valence-corrected chi connectivity index (χ2v) is 6.92. The molecule has 0 bridgehead atoms. The Labute approximate surface area is 166 Å². The van der Waals surface area contributed by atoms with Crippen molar-refractivity contribution < 1.29 is 4.79 Å². The first kappa shape index (κ1) is 19.5. The van der Waals surface area contributed by atoms with E-state index >= 15 is 0 Å². The van der Waals surface area contributed by atoms with Gasteiger partial charge in [0.2, 0.25) is 5.91 Å². The highest BCUT2D eigenvalue weighted by Gasteiger charge is 2.10. The number of aromatic nitrogens is 3. The van der Waals surface area contributed by atoms with Crippen molar-refractivity contribution in [3.8, 4) is 0 Å². The van der Waals surface area contributed by atoms with Gasteiger partial charge in [-0.3, -0.25) is 14.5 Å². The zero-order valence-corrected chi connectivity index (χ0v) is 16.6. The molecule has 5 heteroatoms. The highest BCUT2D eigenvalue weighted by molar-refractivity contribution is 5.92. The van der Waals surface area contributed by atoms with Crippen LogP contribution in [0.5, 0.6) is 0 Å². The van der Waals surface area contributed by atoms with Gasteiger partial charge < -0.3 is 5.32 Å². The molecule has 0 radical (unpaired) electrons. The number of hydrogen-bond acceptors (Lipinski definition) is 3. The van der Waals surface area contributed by atoms with Crippen molar-refractivity contribution in [2.45, 2.75) is 33.7 Å². The molecule has 2 aromatic heterocycles. The van der Waals surface area contributed by atoms with E-state index in [2.05, 4.69) is 46.6 Å². The fourth-order valence-corrected chi connectivity index (χ4v) is 3.05. The quantitative estimate of drug-likeness (QED) is 0.643. The Morgan fingerprint density at radius 2 is 1.89 bits per heavy atom. The summed E-state index contributed by atoms with van der Waals surface area (Å²) in [6.45, 7) is 7.36. The van der Waals surface area contributed by atoms with E-state index in [1.54, 1.807) is 12.3 Å². The molecule has 1 aromatic carbocycles. The van der Waals surface area contributed by atoms with E-state index in [9.17, 15) is 4.79 Å². The zero-order chi connectivity index (χ0) is 19.9. The van der Waals surface area contributed by atoms with Crippen LogP contribution in [-0.4, -0.2) is 27.2 Å². The van der Waals surface area contributed by atoms with E-state index < -0.39 is 0 Å². The van der Waals surface area contributed by atoms with Gasteiger partial charge in [0.05, 0.1) is 12.2 Å². The van der Waals surface area contributed by atoms with E-state index in [4.69, 9.17) is 0 Å². The van der Waals surface area contributed by atoms with E-state index in [1.807, 2.05) is 42.8 Å². The van der Waals surface area contributed by atoms with E-state index in [0.717, 1.165) is 29.2 Å². The Balaban J connectivity index is 1.59. The predicted molar refractivity (Wildman–Crippen MR) is 112 cm³/mol. The smallest absolute Gasteiger partial charge is 0.244 e. The number of carbonyl (C=O) groups is 1. The van der Waals surface area contributed by atoms with Gasteiger partial charge in [-0.15, -0.1) is 0 Å². The van der Waals surface area contributed by atoms with Crippen LogP contribution in [0.3, 0.4) is 0 Å². The Bertz CT molecular complexity index is 956. The molecule has 0 aliphatic heterocycles. The van der Waals surface area contributed by atoms with Crippen LogP contribution >= 0.6 is 0 Å². The summed E-state index contributed by atoms with van der Waals surface area (Å²) in [5.41, 5.74) is 6.38. The third-order valence-corrected chi connectivity index (χ3v) is 4.70. The van der Waals surface area contributed by atoms with Crippen molar-refractivity contribution in [2.75, 3.05) is 6.54 Å². The lowest BCUT2D eigenvalue weighted by atomic mass is 10.1. The molecule has 144 valence electrons. The van der Waals surface area contributed by atoms with Crippen LogP contribution in [0.25, 0.3) is 6.08 Å². The third-order valence-electron chi connectivity index (χ3n) is 4.70. The molecular formula is C23H26N4O. The standard InChI is InChI=1S/C23H26N4O/c1-17-7-9-20(10-8-17)16-27-19(3)22(18(2)26-27)11-12-23(28)25-15-13-21-6-4-5-14-24-21/h4-12,14H,13,15-16H2,1-3H3,(H,25,28)/b12-11+.